The normalized spacial score (nSPS) is 7.38. The van der Waals surface area contributed by atoms with Crippen molar-refractivity contribution in [3.05, 3.63) is 0 Å². The van der Waals surface area contributed by atoms with Crippen molar-refractivity contribution in [3.63, 3.8) is 0 Å². The molecule has 0 aliphatic heterocycles. The van der Waals surface area contributed by atoms with E-state index in [0.29, 0.717) is 0 Å². The maximum absolute atomic E-state index is 8.55. The Morgan fingerprint density at radius 1 is 1.12 bits per heavy atom. The van der Waals surface area contributed by atoms with E-state index in [1.165, 1.54) is 0 Å². The molecule has 8 heavy (non-hydrogen) atoms. The van der Waals surface area contributed by atoms with Crippen LogP contribution in [-0.2, 0) is 4.57 Å². The van der Waals surface area contributed by atoms with Crippen molar-refractivity contribution in [1.82, 2.24) is 0 Å². The van der Waals surface area contributed by atoms with Gasteiger partial charge in [-0.25, -0.2) is 0 Å². The third-order valence-electron chi connectivity index (χ3n) is 0. The molecule has 4 nitrogen and oxygen atoms in total. The first-order valence-electron chi connectivity index (χ1n) is 0.730. The van der Waals surface area contributed by atoms with Crippen LogP contribution in [0.3, 0.4) is 0 Å². The van der Waals surface area contributed by atoms with E-state index in [1.54, 1.807) is 0 Å². The molecule has 8 heteroatoms. The summed E-state index contributed by atoms with van der Waals surface area (Å²) in [4.78, 5) is 25.6. The molecule has 0 aliphatic carbocycles. The molecule has 0 fully saturated rings. The Balaban J connectivity index is -0.0000000267. The van der Waals surface area contributed by atoms with E-state index in [0.717, 1.165) is 0 Å². The zero-order chi connectivity index (χ0) is 4.50. The van der Waals surface area contributed by atoms with Crippen molar-refractivity contribution >= 4 is 89.7 Å². The summed E-state index contributed by atoms with van der Waals surface area (Å²) in [7, 11) is -5.39. The predicted molar refractivity (Wildman–Crippen MR) is 30.2 cm³/mol. The molecule has 0 aromatic carbocycles. The summed E-state index contributed by atoms with van der Waals surface area (Å²) in [5.74, 6) is 0. The number of rotatable bonds is 0. The Labute approximate surface area is 107 Å². The van der Waals surface area contributed by atoms with Crippen molar-refractivity contribution in [2.75, 3.05) is 0 Å². The van der Waals surface area contributed by atoms with Gasteiger partial charge in [0.25, 0.3) is 0 Å². The molecule has 0 saturated carbocycles. The van der Waals surface area contributed by atoms with Gasteiger partial charge in [0, 0.05) is 0 Å². The van der Waals surface area contributed by atoms with Crippen LogP contribution in [0, 0.1) is 0 Å². The maximum atomic E-state index is 8.55. The van der Waals surface area contributed by atoms with Crippen LogP contribution < -0.4 is 14.7 Å². The summed E-state index contributed by atoms with van der Waals surface area (Å²) < 4.78 is 8.55. The predicted octanol–water partition coefficient (Wildman–Crippen LogP) is -3.53. The second kappa shape index (κ2) is 9.88. The standard InChI is InChI=1S/Ba.Mg.H3O4P.H3P/c;;1-5(2,3)4;/h;;(H3,1,2,3,4);1H3/q2*+2;;/p-3. The summed E-state index contributed by atoms with van der Waals surface area (Å²) in [6, 6.07) is 0. The van der Waals surface area contributed by atoms with Gasteiger partial charge >= 0.3 is 71.9 Å². The van der Waals surface area contributed by atoms with Crippen LogP contribution >= 0.6 is 17.7 Å². The summed E-state index contributed by atoms with van der Waals surface area (Å²) >= 11 is 0. The van der Waals surface area contributed by atoms with E-state index in [2.05, 4.69) is 0 Å². The number of hydrogen-bond donors (Lipinski definition) is 0. The van der Waals surface area contributed by atoms with Gasteiger partial charge in [-0.2, -0.15) is 17.7 Å². The minimum absolute atomic E-state index is 0. The zero-order valence-electron chi connectivity index (χ0n) is 4.20. The smallest absolute Gasteiger partial charge is 0.822 e. The summed E-state index contributed by atoms with van der Waals surface area (Å²) in [5, 5.41) is 0. The fourth-order valence-electron chi connectivity index (χ4n) is 0. The van der Waals surface area contributed by atoms with Gasteiger partial charge in [0.2, 0.25) is 0 Å². The van der Waals surface area contributed by atoms with Crippen molar-refractivity contribution in [1.29, 1.82) is 0 Å². The van der Waals surface area contributed by atoms with Crippen molar-refractivity contribution in [3.8, 4) is 0 Å². The van der Waals surface area contributed by atoms with Crippen molar-refractivity contribution < 1.29 is 19.2 Å². The second-order valence-electron chi connectivity index (χ2n) is 0.447. The fraction of sp³-hybridized carbons (Fsp3) is 0. The topological polar surface area (TPSA) is 86.2 Å². The quantitative estimate of drug-likeness (QED) is 0.342. The van der Waals surface area contributed by atoms with Gasteiger partial charge in [-0.3, -0.25) is 0 Å². The first-order chi connectivity index (χ1) is 2.00. The summed E-state index contributed by atoms with van der Waals surface area (Å²) in [6.45, 7) is 0. The molecule has 0 bridgehead atoms. The van der Waals surface area contributed by atoms with Crippen LogP contribution in [0.25, 0.3) is 0 Å². The Bertz CT molecular complexity index is 60.2. The molecule has 0 aliphatic rings. The molecule has 40 valence electrons. The molecule has 0 N–H and O–H groups in total. The van der Waals surface area contributed by atoms with Crippen molar-refractivity contribution in [2.45, 2.75) is 0 Å². The van der Waals surface area contributed by atoms with Crippen LogP contribution in [0.2, 0.25) is 0 Å². The molecule has 0 rings (SSSR count). The summed E-state index contributed by atoms with van der Waals surface area (Å²) in [5.41, 5.74) is 0. The van der Waals surface area contributed by atoms with E-state index < -0.39 is 7.82 Å². The SMILES string of the molecule is O=P([O-])([O-])[O-].P.[Ba+2].[Mg+2]. The van der Waals surface area contributed by atoms with Gasteiger partial charge in [-0.05, 0) is 0 Å². The van der Waals surface area contributed by atoms with Gasteiger partial charge in [0.1, 0.15) is 0 Å². The summed E-state index contributed by atoms with van der Waals surface area (Å²) in [6.07, 6.45) is 0. The molecule has 0 aromatic heterocycles. The third-order valence-corrected chi connectivity index (χ3v) is 0. The van der Waals surface area contributed by atoms with E-state index in [1.807, 2.05) is 0 Å². The first-order valence-corrected chi connectivity index (χ1v) is 2.19. The molecule has 0 spiro atoms. The van der Waals surface area contributed by atoms with E-state index in [-0.39, 0.29) is 81.8 Å². The van der Waals surface area contributed by atoms with E-state index in [9.17, 15) is 0 Å². The van der Waals surface area contributed by atoms with Gasteiger partial charge in [-0.1, -0.05) is 0 Å². The molecule has 1 unspecified atom stereocenters. The molecule has 0 amide bonds. The van der Waals surface area contributed by atoms with Gasteiger partial charge < -0.3 is 19.2 Å². The van der Waals surface area contributed by atoms with Gasteiger partial charge in [0.05, 0.1) is 0 Å². The molecular formula is H3BaMgO4P2+. The molecule has 0 aromatic rings. The largest absolute Gasteiger partial charge is 2.00 e. The second-order valence-corrected chi connectivity index (χ2v) is 1.34. The molecule has 0 radical (unpaired) electrons. The average Bonchev–Trinajstić information content (AvgIpc) is 0.722. The van der Waals surface area contributed by atoms with Crippen LogP contribution in [0.5, 0.6) is 0 Å². The zero-order valence-corrected chi connectivity index (χ0v) is 12.4. The molecule has 1 atom stereocenters. The number of hydrogen-bond acceptors (Lipinski definition) is 4. The molecule has 0 saturated heterocycles. The monoisotopic (exact) mass is 291 g/mol. The van der Waals surface area contributed by atoms with Gasteiger partial charge in [0.15, 0.2) is 0 Å². The van der Waals surface area contributed by atoms with Crippen LogP contribution in [-0.4, -0.2) is 71.9 Å². The van der Waals surface area contributed by atoms with Crippen LogP contribution in [0.1, 0.15) is 0 Å². The third kappa shape index (κ3) is 66.5. The minimum atomic E-state index is -5.39. The Kier molecular flexibility index (Phi) is 27.7. The van der Waals surface area contributed by atoms with E-state index in [4.69, 9.17) is 19.2 Å². The minimum Gasteiger partial charge on any atom is -0.822 e. The number of phosphoric acid groups is 1. The first kappa shape index (κ1) is 22.4. The average molecular weight is 291 g/mol. The van der Waals surface area contributed by atoms with Crippen molar-refractivity contribution in [2.24, 2.45) is 0 Å². The fourth-order valence-corrected chi connectivity index (χ4v) is 0. The Hall–Kier alpha value is 2.88. The Morgan fingerprint density at radius 3 is 1.12 bits per heavy atom. The van der Waals surface area contributed by atoms with E-state index >= 15 is 0 Å². The molecule has 0 heterocycles. The van der Waals surface area contributed by atoms with Crippen LogP contribution in [0.4, 0.5) is 0 Å². The van der Waals surface area contributed by atoms with Gasteiger partial charge in [-0.15, -0.1) is 0 Å². The van der Waals surface area contributed by atoms with Crippen LogP contribution in [0.15, 0.2) is 0 Å². The maximum Gasteiger partial charge on any atom is 2.00 e. The Morgan fingerprint density at radius 2 is 1.12 bits per heavy atom. The molecular weight excluding hydrogens is 288 g/mol.